The van der Waals surface area contributed by atoms with Gasteiger partial charge in [-0.15, -0.1) is 0 Å². The lowest BCUT2D eigenvalue weighted by atomic mass is 10.1. The van der Waals surface area contributed by atoms with E-state index in [0.717, 1.165) is 22.7 Å². The highest BCUT2D eigenvalue weighted by Crippen LogP contribution is 2.32. The van der Waals surface area contributed by atoms with Gasteiger partial charge in [0, 0.05) is 11.3 Å². The van der Waals surface area contributed by atoms with Gasteiger partial charge in [0.1, 0.15) is 21.3 Å². The zero-order valence-electron chi connectivity index (χ0n) is 14.6. The minimum atomic E-state index is -0.216. The first-order chi connectivity index (χ1) is 13.2. The molecule has 0 unspecified atom stereocenters. The zero-order chi connectivity index (χ0) is 18.8. The van der Waals surface area contributed by atoms with E-state index in [2.05, 4.69) is 10.3 Å². The summed E-state index contributed by atoms with van der Waals surface area (Å²) in [6.45, 7) is 0. The van der Waals surface area contributed by atoms with E-state index < -0.39 is 0 Å². The van der Waals surface area contributed by atoms with Crippen LogP contribution in [0.1, 0.15) is 0 Å². The van der Waals surface area contributed by atoms with Crippen molar-refractivity contribution in [2.75, 3.05) is 18.2 Å². The molecule has 2 heterocycles. The predicted molar refractivity (Wildman–Crippen MR) is 112 cm³/mol. The van der Waals surface area contributed by atoms with Crippen molar-refractivity contribution in [3.05, 3.63) is 77.0 Å². The van der Waals surface area contributed by atoms with E-state index in [0.29, 0.717) is 15.2 Å². The van der Waals surface area contributed by atoms with Crippen LogP contribution in [0.5, 0.6) is 5.75 Å². The molecule has 27 heavy (non-hydrogen) atoms. The molecule has 4 rings (SSSR count). The first kappa shape index (κ1) is 17.1. The van der Waals surface area contributed by atoms with Gasteiger partial charge in [0.15, 0.2) is 0 Å². The van der Waals surface area contributed by atoms with Gasteiger partial charge in [-0.3, -0.25) is 4.79 Å². The summed E-state index contributed by atoms with van der Waals surface area (Å²) in [4.78, 5) is 18.0. The van der Waals surface area contributed by atoms with Crippen molar-refractivity contribution < 1.29 is 4.74 Å². The Kier molecular flexibility index (Phi) is 4.48. The largest absolute Gasteiger partial charge is 0.497 e. The van der Waals surface area contributed by atoms with Gasteiger partial charge < -0.3 is 15.8 Å². The number of aromatic nitrogens is 1. The van der Waals surface area contributed by atoms with E-state index in [1.165, 1.54) is 11.3 Å². The number of nitrogens with two attached hydrogens (primary N) is 1. The van der Waals surface area contributed by atoms with E-state index in [1.54, 1.807) is 13.2 Å². The number of pyridine rings is 1. The summed E-state index contributed by atoms with van der Waals surface area (Å²) < 4.78 is 5.17. The normalized spacial score (nSPS) is 10.7. The molecule has 0 amide bonds. The van der Waals surface area contributed by atoms with Crippen LogP contribution in [0, 0.1) is 0 Å². The molecule has 0 fully saturated rings. The third-order valence-electron chi connectivity index (χ3n) is 4.21. The van der Waals surface area contributed by atoms with Crippen LogP contribution >= 0.6 is 11.3 Å². The number of hydrogen-bond acceptors (Lipinski definition) is 6. The summed E-state index contributed by atoms with van der Waals surface area (Å²) in [7, 11) is 1.62. The third kappa shape index (κ3) is 3.35. The Morgan fingerprint density at radius 2 is 1.74 bits per heavy atom. The first-order valence-electron chi connectivity index (χ1n) is 8.35. The molecule has 4 aromatic rings. The SMILES string of the molecule is COc1ccc(Nc2sc3nc(-c4ccccc4)ccc3c(=O)c2N)cc1. The van der Waals surface area contributed by atoms with Crippen molar-refractivity contribution >= 4 is 37.9 Å². The van der Waals surface area contributed by atoms with Crippen LogP contribution in [-0.2, 0) is 0 Å². The Morgan fingerprint density at radius 3 is 2.44 bits per heavy atom. The number of methoxy groups -OCH3 is 1. The Labute approximate surface area is 160 Å². The van der Waals surface area contributed by atoms with Crippen LogP contribution in [0.15, 0.2) is 71.5 Å². The molecule has 0 spiro atoms. The van der Waals surface area contributed by atoms with Crippen molar-refractivity contribution in [1.82, 2.24) is 4.98 Å². The number of hydrogen-bond donors (Lipinski definition) is 2. The molecule has 3 N–H and O–H groups in total. The van der Waals surface area contributed by atoms with E-state index in [4.69, 9.17) is 10.5 Å². The zero-order valence-corrected chi connectivity index (χ0v) is 15.4. The molecule has 2 aromatic heterocycles. The molecule has 134 valence electrons. The number of nitrogens with zero attached hydrogens (tertiary/aromatic N) is 1. The number of nitrogen functional groups attached to an aromatic ring is 1. The van der Waals surface area contributed by atoms with E-state index in [1.807, 2.05) is 60.7 Å². The third-order valence-corrected chi connectivity index (χ3v) is 5.24. The van der Waals surface area contributed by atoms with Gasteiger partial charge in [-0.1, -0.05) is 41.7 Å². The maximum absolute atomic E-state index is 12.7. The minimum absolute atomic E-state index is 0.192. The van der Waals surface area contributed by atoms with Gasteiger partial charge >= 0.3 is 0 Å². The van der Waals surface area contributed by atoms with Gasteiger partial charge in [0.25, 0.3) is 0 Å². The number of benzene rings is 2. The minimum Gasteiger partial charge on any atom is -0.497 e. The fourth-order valence-corrected chi connectivity index (χ4v) is 3.74. The van der Waals surface area contributed by atoms with Gasteiger partial charge in [0.2, 0.25) is 5.43 Å². The smallest absolute Gasteiger partial charge is 0.214 e. The topological polar surface area (TPSA) is 77.2 Å². The molecule has 0 bridgehead atoms. The molecule has 0 aliphatic carbocycles. The number of rotatable bonds is 4. The van der Waals surface area contributed by atoms with E-state index in [9.17, 15) is 4.79 Å². The number of fused-ring (bicyclic) bond motifs is 1. The molecule has 6 heteroatoms. The first-order valence-corrected chi connectivity index (χ1v) is 9.17. The molecule has 0 radical (unpaired) electrons. The molecular formula is C21H17N3O2S. The predicted octanol–water partition coefficient (Wildman–Crippen LogP) is 4.66. The summed E-state index contributed by atoms with van der Waals surface area (Å²) in [5.41, 5.74) is 8.70. The van der Waals surface area contributed by atoms with Crippen molar-refractivity contribution in [1.29, 1.82) is 0 Å². The second kappa shape index (κ2) is 7.09. The summed E-state index contributed by atoms with van der Waals surface area (Å²) in [6.07, 6.45) is 0. The lowest BCUT2D eigenvalue weighted by Gasteiger charge is -2.10. The van der Waals surface area contributed by atoms with Crippen molar-refractivity contribution in [3.8, 4) is 17.0 Å². The maximum Gasteiger partial charge on any atom is 0.214 e. The summed E-state index contributed by atoms with van der Waals surface area (Å²) in [5.74, 6) is 0.759. The average molecular weight is 375 g/mol. The number of ether oxygens (including phenoxy) is 1. The monoisotopic (exact) mass is 375 g/mol. The lowest BCUT2D eigenvalue weighted by molar-refractivity contribution is 0.415. The molecular weight excluding hydrogens is 358 g/mol. The van der Waals surface area contributed by atoms with Crippen LogP contribution in [0.4, 0.5) is 16.4 Å². The Hall–Kier alpha value is -3.38. The summed E-state index contributed by atoms with van der Waals surface area (Å²) >= 11 is 1.36. The van der Waals surface area contributed by atoms with Crippen LogP contribution in [0.25, 0.3) is 21.5 Å². The van der Waals surface area contributed by atoms with Gasteiger partial charge in [-0.25, -0.2) is 4.98 Å². The number of anilines is 3. The van der Waals surface area contributed by atoms with Crippen LogP contribution in [0.2, 0.25) is 0 Å². The Morgan fingerprint density at radius 1 is 1.00 bits per heavy atom. The highest BCUT2D eigenvalue weighted by atomic mass is 32.1. The van der Waals surface area contributed by atoms with E-state index >= 15 is 0 Å². The highest BCUT2D eigenvalue weighted by molar-refractivity contribution is 7.22. The fraction of sp³-hybridized carbons (Fsp3) is 0.0476. The maximum atomic E-state index is 12.7. The highest BCUT2D eigenvalue weighted by Gasteiger charge is 2.12. The van der Waals surface area contributed by atoms with Crippen molar-refractivity contribution in [2.24, 2.45) is 0 Å². The fourth-order valence-electron chi connectivity index (χ4n) is 2.76. The van der Waals surface area contributed by atoms with Crippen molar-refractivity contribution in [3.63, 3.8) is 0 Å². The quantitative estimate of drug-likeness (QED) is 0.542. The molecule has 0 aliphatic rings. The van der Waals surface area contributed by atoms with E-state index in [-0.39, 0.29) is 11.1 Å². The lowest BCUT2D eigenvalue weighted by Crippen LogP contribution is -2.10. The second-order valence-electron chi connectivity index (χ2n) is 5.94. The molecule has 0 atom stereocenters. The molecule has 0 saturated carbocycles. The second-order valence-corrected chi connectivity index (χ2v) is 6.94. The molecule has 0 saturated heterocycles. The van der Waals surface area contributed by atoms with Crippen molar-refractivity contribution in [2.45, 2.75) is 0 Å². The summed E-state index contributed by atoms with van der Waals surface area (Å²) in [5, 5.41) is 4.32. The van der Waals surface area contributed by atoms with Crippen LogP contribution < -0.4 is 21.2 Å². The standard InChI is InChI=1S/C21H17N3O2S/c1-26-15-9-7-14(8-10-15)23-21-18(22)19(25)16-11-12-17(24-20(16)27-21)13-5-3-2-4-6-13/h2-12,23H,22H2,1H3. The summed E-state index contributed by atoms with van der Waals surface area (Å²) in [6, 6.07) is 20.9. The molecule has 2 aromatic carbocycles. The van der Waals surface area contributed by atoms with Gasteiger partial charge in [-0.05, 0) is 36.4 Å². The number of nitrogens with one attached hydrogen (secondary N) is 1. The van der Waals surface area contributed by atoms with Gasteiger partial charge in [0.05, 0.1) is 18.2 Å². The molecule has 5 nitrogen and oxygen atoms in total. The Balaban J connectivity index is 1.78. The average Bonchev–Trinajstić information content (AvgIpc) is 2.72. The van der Waals surface area contributed by atoms with Crippen LogP contribution in [-0.4, -0.2) is 12.1 Å². The molecule has 0 aliphatic heterocycles. The van der Waals surface area contributed by atoms with Gasteiger partial charge in [-0.2, -0.15) is 0 Å². The van der Waals surface area contributed by atoms with Crippen LogP contribution in [0.3, 0.4) is 0 Å². The Bertz CT molecular complexity index is 1160.